The van der Waals surface area contributed by atoms with E-state index in [1.807, 2.05) is 38.1 Å². The SMILES string of the molecule is CCCn1c(SC[C@@H](O)COc2ccccc2C)nc2cc(Cl)ccc2c1=O. The van der Waals surface area contributed by atoms with Crippen LogP contribution >= 0.6 is 23.4 Å². The number of hydrogen-bond acceptors (Lipinski definition) is 5. The molecule has 148 valence electrons. The molecule has 0 amide bonds. The molecule has 0 bridgehead atoms. The second-order valence-corrected chi connectivity index (χ2v) is 7.98. The smallest absolute Gasteiger partial charge is 0.262 e. The van der Waals surface area contributed by atoms with E-state index in [-0.39, 0.29) is 12.2 Å². The van der Waals surface area contributed by atoms with E-state index in [4.69, 9.17) is 16.3 Å². The second-order valence-electron chi connectivity index (χ2n) is 6.55. The molecule has 1 N–H and O–H groups in total. The van der Waals surface area contributed by atoms with Gasteiger partial charge in [0.15, 0.2) is 5.16 Å². The number of ether oxygens (including phenoxy) is 1. The average Bonchev–Trinajstić information content (AvgIpc) is 2.68. The van der Waals surface area contributed by atoms with Gasteiger partial charge in [0.1, 0.15) is 12.4 Å². The van der Waals surface area contributed by atoms with Crippen LogP contribution in [0, 0.1) is 6.92 Å². The molecule has 0 aliphatic heterocycles. The van der Waals surface area contributed by atoms with Gasteiger partial charge in [0, 0.05) is 17.3 Å². The molecule has 3 rings (SSSR count). The Balaban J connectivity index is 1.74. The van der Waals surface area contributed by atoms with Crippen molar-refractivity contribution in [3.63, 3.8) is 0 Å². The van der Waals surface area contributed by atoms with Crippen molar-refractivity contribution in [1.82, 2.24) is 9.55 Å². The molecule has 3 aromatic rings. The highest BCUT2D eigenvalue weighted by molar-refractivity contribution is 7.99. The molecule has 0 radical (unpaired) electrons. The number of aliphatic hydroxyl groups is 1. The van der Waals surface area contributed by atoms with Crippen molar-refractivity contribution in [2.45, 2.75) is 38.1 Å². The van der Waals surface area contributed by atoms with Gasteiger partial charge in [-0.15, -0.1) is 0 Å². The van der Waals surface area contributed by atoms with Crippen LogP contribution in [0.25, 0.3) is 10.9 Å². The number of aryl methyl sites for hydroxylation is 1. The number of aromatic nitrogens is 2. The quantitative estimate of drug-likeness (QED) is 0.436. The van der Waals surface area contributed by atoms with Crippen LogP contribution in [0.5, 0.6) is 5.75 Å². The number of fused-ring (bicyclic) bond motifs is 1. The minimum absolute atomic E-state index is 0.0864. The van der Waals surface area contributed by atoms with Crippen LogP contribution in [-0.2, 0) is 6.54 Å². The Hall–Kier alpha value is -2.02. The third-order valence-electron chi connectivity index (χ3n) is 4.26. The molecule has 5 nitrogen and oxygen atoms in total. The first kappa shape index (κ1) is 20.7. The summed E-state index contributed by atoms with van der Waals surface area (Å²) >= 11 is 7.40. The van der Waals surface area contributed by atoms with Gasteiger partial charge in [-0.25, -0.2) is 4.98 Å². The van der Waals surface area contributed by atoms with Gasteiger partial charge in [-0.3, -0.25) is 9.36 Å². The van der Waals surface area contributed by atoms with Crippen LogP contribution in [0.3, 0.4) is 0 Å². The zero-order valence-corrected chi connectivity index (χ0v) is 17.5. The number of aliphatic hydroxyl groups excluding tert-OH is 1. The molecule has 0 fully saturated rings. The molecule has 28 heavy (non-hydrogen) atoms. The highest BCUT2D eigenvalue weighted by Crippen LogP contribution is 2.22. The molecule has 0 saturated carbocycles. The normalized spacial score (nSPS) is 12.3. The van der Waals surface area contributed by atoms with E-state index in [9.17, 15) is 9.90 Å². The molecule has 0 aliphatic carbocycles. The topological polar surface area (TPSA) is 64.3 Å². The number of nitrogens with zero attached hydrogens (tertiary/aromatic N) is 2. The molecule has 0 spiro atoms. The number of rotatable bonds is 8. The van der Waals surface area contributed by atoms with Gasteiger partial charge in [0.05, 0.1) is 17.0 Å². The number of hydrogen-bond donors (Lipinski definition) is 1. The van der Waals surface area contributed by atoms with Crippen molar-refractivity contribution in [2.24, 2.45) is 0 Å². The zero-order valence-electron chi connectivity index (χ0n) is 15.9. The molecule has 2 aromatic carbocycles. The van der Waals surface area contributed by atoms with Crippen molar-refractivity contribution < 1.29 is 9.84 Å². The van der Waals surface area contributed by atoms with Gasteiger partial charge in [0.2, 0.25) is 0 Å². The fourth-order valence-electron chi connectivity index (χ4n) is 2.83. The minimum atomic E-state index is -0.688. The lowest BCUT2D eigenvalue weighted by atomic mass is 10.2. The summed E-state index contributed by atoms with van der Waals surface area (Å²) in [5, 5.41) is 12.0. The summed E-state index contributed by atoms with van der Waals surface area (Å²) in [4.78, 5) is 17.4. The van der Waals surface area contributed by atoms with E-state index in [0.29, 0.717) is 33.4 Å². The summed E-state index contributed by atoms with van der Waals surface area (Å²) in [7, 11) is 0. The van der Waals surface area contributed by atoms with E-state index < -0.39 is 6.10 Å². The molecule has 1 heterocycles. The van der Waals surface area contributed by atoms with Gasteiger partial charge in [0.25, 0.3) is 5.56 Å². The Morgan fingerprint density at radius 3 is 2.82 bits per heavy atom. The Kier molecular flexibility index (Phi) is 6.99. The molecule has 0 saturated heterocycles. The molecule has 0 unspecified atom stereocenters. The molecular formula is C21H23ClN2O3S. The first-order valence-corrected chi connectivity index (χ1v) is 10.6. The lowest BCUT2D eigenvalue weighted by Crippen LogP contribution is -2.25. The molecule has 1 aromatic heterocycles. The summed E-state index contributed by atoms with van der Waals surface area (Å²) in [6.45, 7) is 4.72. The zero-order chi connectivity index (χ0) is 20.1. The number of halogens is 1. The van der Waals surface area contributed by atoms with Crippen LogP contribution in [0.4, 0.5) is 0 Å². The summed E-state index contributed by atoms with van der Waals surface area (Å²) in [6, 6.07) is 12.8. The Labute approximate surface area is 173 Å². The predicted molar refractivity (Wildman–Crippen MR) is 115 cm³/mol. The first-order valence-electron chi connectivity index (χ1n) is 9.19. The summed E-state index contributed by atoms with van der Waals surface area (Å²) in [6.07, 6.45) is 0.124. The minimum Gasteiger partial charge on any atom is -0.491 e. The van der Waals surface area contributed by atoms with Gasteiger partial charge < -0.3 is 9.84 Å². The maximum Gasteiger partial charge on any atom is 0.262 e. The maximum absolute atomic E-state index is 12.8. The predicted octanol–water partition coefficient (Wildman–Crippen LogP) is 4.30. The van der Waals surface area contributed by atoms with Crippen LogP contribution in [0.15, 0.2) is 52.4 Å². The van der Waals surface area contributed by atoms with E-state index in [0.717, 1.165) is 17.7 Å². The monoisotopic (exact) mass is 418 g/mol. The van der Waals surface area contributed by atoms with E-state index >= 15 is 0 Å². The molecule has 1 atom stereocenters. The number of thioether (sulfide) groups is 1. The van der Waals surface area contributed by atoms with Gasteiger partial charge in [-0.2, -0.15) is 0 Å². The third-order valence-corrected chi connectivity index (χ3v) is 5.62. The number of para-hydroxylation sites is 1. The van der Waals surface area contributed by atoms with Crippen LogP contribution in [0.1, 0.15) is 18.9 Å². The standard InChI is InChI=1S/C21H23ClN2O3S/c1-3-10-24-20(26)17-9-8-15(22)11-18(17)23-21(24)28-13-16(25)12-27-19-7-5-4-6-14(19)2/h4-9,11,16,25H,3,10,12-13H2,1-2H3/t16-/m0/s1. The van der Waals surface area contributed by atoms with Crippen molar-refractivity contribution >= 4 is 34.3 Å². The summed E-state index contributed by atoms with van der Waals surface area (Å²) in [5.74, 6) is 1.13. The molecule has 7 heteroatoms. The maximum atomic E-state index is 12.8. The van der Waals surface area contributed by atoms with Crippen LogP contribution < -0.4 is 10.3 Å². The van der Waals surface area contributed by atoms with Crippen LogP contribution in [0.2, 0.25) is 5.02 Å². The van der Waals surface area contributed by atoms with Crippen molar-refractivity contribution in [2.75, 3.05) is 12.4 Å². The highest BCUT2D eigenvalue weighted by atomic mass is 35.5. The van der Waals surface area contributed by atoms with Crippen molar-refractivity contribution in [1.29, 1.82) is 0 Å². The van der Waals surface area contributed by atoms with Gasteiger partial charge in [-0.05, 0) is 43.2 Å². The van der Waals surface area contributed by atoms with Crippen molar-refractivity contribution in [3.05, 3.63) is 63.4 Å². The van der Waals surface area contributed by atoms with Gasteiger partial charge in [-0.1, -0.05) is 48.5 Å². The number of benzene rings is 2. The van der Waals surface area contributed by atoms with E-state index in [2.05, 4.69) is 4.98 Å². The summed E-state index contributed by atoms with van der Waals surface area (Å²) in [5.41, 5.74) is 1.50. The first-order chi connectivity index (χ1) is 13.5. The van der Waals surface area contributed by atoms with Crippen LogP contribution in [-0.4, -0.2) is 33.1 Å². The van der Waals surface area contributed by atoms with E-state index in [1.54, 1.807) is 22.8 Å². The fourth-order valence-corrected chi connectivity index (χ4v) is 3.92. The Bertz CT molecular complexity index is 1020. The van der Waals surface area contributed by atoms with Crippen molar-refractivity contribution in [3.8, 4) is 5.75 Å². The fraction of sp³-hybridized carbons (Fsp3) is 0.333. The lowest BCUT2D eigenvalue weighted by Gasteiger charge is -2.15. The Morgan fingerprint density at radius 1 is 1.29 bits per heavy atom. The largest absolute Gasteiger partial charge is 0.491 e. The molecular weight excluding hydrogens is 396 g/mol. The summed E-state index contributed by atoms with van der Waals surface area (Å²) < 4.78 is 7.37. The average molecular weight is 419 g/mol. The van der Waals surface area contributed by atoms with Gasteiger partial charge >= 0.3 is 0 Å². The highest BCUT2D eigenvalue weighted by Gasteiger charge is 2.14. The Morgan fingerprint density at radius 2 is 2.07 bits per heavy atom. The third kappa shape index (κ3) is 4.87. The van der Waals surface area contributed by atoms with E-state index in [1.165, 1.54) is 11.8 Å². The second kappa shape index (κ2) is 9.45. The lowest BCUT2D eigenvalue weighted by molar-refractivity contribution is 0.126. The molecule has 0 aliphatic rings.